The number of ketones is 1. The summed E-state index contributed by atoms with van der Waals surface area (Å²) in [6.45, 7) is 0. The lowest BCUT2D eigenvalue weighted by molar-refractivity contribution is -0.130. The van der Waals surface area contributed by atoms with Gasteiger partial charge in [0.05, 0.1) is 16.2 Å². The molecule has 3 rings (SSSR count). The average molecular weight is 335 g/mol. The van der Waals surface area contributed by atoms with Crippen LogP contribution in [0.3, 0.4) is 0 Å². The van der Waals surface area contributed by atoms with Gasteiger partial charge in [-0.1, -0.05) is 23.2 Å². The first-order valence-corrected chi connectivity index (χ1v) is 6.96. The molecule has 0 spiro atoms. The number of fused-ring (bicyclic) bond motifs is 1. The number of phenolic OH excluding ortho intramolecular Hbond substituents is 1. The number of phenols is 1. The summed E-state index contributed by atoms with van der Waals surface area (Å²) in [5, 5.41) is 19.5. The van der Waals surface area contributed by atoms with E-state index in [0.29, 0.717) is 16.1 Å². The van der Waals surface area contributed by atoms with Crippen LogP contribution in [0, 0.1) is 0 Å². The third-order valence-corrected chi connectivity index (χ3v) is 3.96. The first kappa shape index (κ1) is 14.6. The van der Waals surface area contributed by atoms with E-state index in [0.717, 1.165) is 0 Å². The zero-order valence-electron chi connectivity index (χ0n) is 10.9. The van der Waals surface area contributed by atoms with E-state index in [-0.39, 0.29) is 27.5 Å². The SMILES string of the molecule is O=C(O)C1=Cc2cc(C(=O)c3ccc(Cl)cc3Cl)c(O)cc21. The second-order valence-electron chi connectivity index (χ2n) is 4.77. The molecule has 0 amide bonds. The van der Waals surface area contributed by atoms with Gasteiger partial charge in [-0.25, -0.2) is 4.79 Å². The molecule has 1 aliphatic carbocycles. The molecule has 2 N–H and O–H groups in total. The molecule has 0 saturated carbocycles. The maximum atomic E-state index is 12.5. The molecule has 22 heavy (non-hydrogen) atoms. The summed E-state index contributed by atoms with van der Waals surface area (Å²) in [6.07, 6.45) is 1.44. The Morgan fingerprint density at radius 2 is 1.73 bits per heavy atom. The van der Waals surface area contributed by atoms with Gasteiger partial charge in [-0.2, -0.15) is 0 Å². The third-order valence-electron chi connectivity index (χ3n) is 3.41. The third kappa shape index (κ3) is 2.26. The maximum absolute atomic E-state index is 12.5. The van der Waals surface area contributed by atoms with Crippen LogP contribution in [0.1, 0.15) is 27.0 Å². The molecule has 0 heterocycles. The lowest BCUT2D eigenvalue weighted by Crippen LogP contribution is -2.11. The van der Waals surface area contributed by atoms with Crippen molar-refractivity contribution in [1.29, 1.82) is 0 Å². The molecule has 0 bridgehead atoms. The van der Waals surface area contributed by atoms with Crippen LogP contribution in [0.4, 0.5) is 0 Å². The molecule has 0 unspecified atom stereocenters. The molecule has 0 radical (unpaired) electrons. The molecule has 0 aromatic heterocycles. The van der Waals surface area contributed by atoms with Crippen LogP contribution < -0.4 is 0 Å². The van der Waals surface area contributed by atoms with Gasteiger partial charge in [0.15, 0.2) is 5.78 Å². The van der Waals surface area contributed by atoms with Crippen LogP contribution >= 0.6 is 23.2 Å². The minimum Gasteiger partial charge on any atom is -0.507 e. The highest BCUT2D eigenvalue weighted by Crippen LogP contribution is 2.38. The van der Waals surface area contributed by atoms with Gasteiger partial charge in [-0.05, 0) is 47.5 Å². The Balaban J connectivity index is 2.03. The fraction of sp³-hybridized carbons (Fsp3) is 0. The first-order chi connectivity index (χ1) is 10.4. The molecule has 0 fully saturated rings. The predicted molar refractivity (Wildman–Crippen MR) is 83.5 cm³/mol. The summed E-state index contributed by atoms with van der Waals surface area (Å²) in [6, 6.07) is 7.17. The number of aromatic hydroxyl groups is 1. The van der Waals surface area contributed by atoms with Crippen LogP contribution in [-0.4, -0.2) is 22.0 Å². The van der Waals surface area contributed by atoms with Crippen molar-refractivity contribution in [2.45, 2.75) is 0 Å². The highest BCUT2D eigenvalue weighted by molar-refractivity contribution is 6.37. The smallest absolute Gasteiger partial charge is 0.336 e. The standard InChI is InChI=1S/C16H8Cl2O4/c17-8-1-2-9(13(18)5-8)15(20)12-4-7-3-11(16(21)22)10(7)6-14(12)19/h1-6,19H,(H,21,22). The number of carboxylic acids is 1. The molecular formula is C16H8Cl2O4. The lowest BCUT2D eigenvalue weighted by Gasteiger charge is -2.18. The molecule has 1 aliphatic rings. The summed E-state index contributed by atoms with van der Waals surface area (Å²) < 4.78 is 0. The van der Waals surface area contributed by atoms with Crippen molar-refractivity contribution in [3.8, 4) is 5.75 Å². The zero-order valence-corrected chi connectivity index (χ0v) is 12.4. The van der Waals surface area contributed by atoms with Crippen LogP contribution in [-0.2, 0) is 4.79 Å². The summed E-state index contributed by atoms with van der Waals surface area (Å²) in [5.74, 6) is -1.83. The fourth-order valence-electron chi connectivity index (χ4n) is 2.29. The first-order valence-electron chi connectivity index (χ1n) is 6.20. The summed E-state index contributed by atoms with van der Waals surface area (Å²) in [5.41, 5.74) is 1.37. The average Bonchev–Trinajstić information content (AvgIpc) is 2.41. The summed E-state index contributed by atoms with van der Waals surface area (Å²) >= 11 is 11.8. The monoisotopic (exact) mass is 334 g/mol. The van der Waals surface area contributed by atoms with Crippen molar-refractivity contribution < 1.29 is 19.8 Å². The van der Waals surface area contributed by atoms with E-state index in [1.807, 2.05) is 0 Å². The van der Waals surface area contributed by atoms with E-state index in [1.54, 1.807) is 0 Å². The molecule has 0 aliphatic heterocycles. The molecule has 0 saturated heterocycles. The van der Waals surface area contributed by atoms with Crippen LogP contribution in [0.5, 0.6) is 5.75 Å². The van der Waals surface area contributed by atoms with Gasteiger partial charge in [-0.3, -0.25) is 4.79 Å². The van der Waals surface area contributed by atoms with E-state index in [1.165, 1.54) is 36.4 Å². The molecule has 4 nitrogen and oxygen atoms in total. The second kappa shape index (κ2) is 5.16. The van der Waals surface area contributed by atoms with Gasteiger partial charge in [0.1, 0.15) is 5.75 Å². The van der Waals surface area contributed by atoms with Gasteiger partial charge in [-0.15, -0.1) is 0 Å². The number of hydrogen-bond acceptors (Lipinski definition) is 3. The van der Waals surface area contributed by atoms with Crippen molar-refractivity contribution in [3.63, 3.8) is 0 Å². The van der Waals surface area contributed by atoms with E-state index >= 15 is 0 Å². The number of hydrogen-bond donors (Lipinski definition) is 2. The fourth-order valence-corrected chi connectivity index (χ4v) is 2.79. The van der Waals surface area contributed by atoms with Gasteiger partial charge in [0.25, 0.3) is 0 Å². The maximum Gasteiger partial charge on any atom is 0.336 e. The number of carbonyl (C=O) groups is 2. The Kier molecular flexibility index (Phi) is 3.43. The lowest BCUT2D eigenvalue weighted by atomic mass is 9.85. The minimum atomic E-state index is -1.08. The second-order valence-corrected chi connectivity index (χ2v) is 5.62. The zero-order chi connectivity index (χ0) is 16.0. The van der Waals surface area contributed by atoms with Gasteiger partial charge in [0, 0.05) is 10.6 Å². The Bertz CT molecular complexity index is 869. The van der Waals surface area contributed by atoms with E-state index in [4.69, 9.17) is 28.3 Å². The number of aliphatic carboxylic acids is 1. The highest BCUT2D eigenvalue weighted by atomic mass is 35.5. The Hall–Kier alpha value is -2.30. The number of halogens is 2. The quantitative estimate of drug-likeness (QED) is 0.835. The van der Waals surface area contributed by atoms with Gasteiger partial charge >= 0.3 is 5.97 Å². The Labute approximate surface area is 135 Å². The van der Waals surface area contributed by atoms with E-state index < -0.39 is 11.8 Å². The highest BCUT2D eigenvalue weighted by Gasteiger charge is 2.26. The largest absolute Gasteiger partial charge is 0.507 e. The van der Waals surface area contributed by atoms with Gasteiger partial charge in [0.2, 0.25) is 0 Å². The Morgan fingerprint density at radius 3 is 2.36 bits per heavy atom. The van der Waals surface area contributed by atoms with Crippen LogP contribution in [0.25, 0.3) is 11.6 Å². The number of benzene rings is 2. The molecule has 0 atom stereocenters. The van der Waals surface area contributed by atoms with Crippen LogP contribution in [0.15, 0.2) is 30.3 Å². The van der Waals surface area contributed by atoms with Crippen molar-refractivity contribution >= 4 is 46.6 Å². The summed E-state index contributed by atoms with van der Waals surface area (Å²) in [4.78, 5) is 23.4. The van der Waals surface area contributed by atoms with Gasteiger partial charge < -0.3 is 10.2 Å². The topological polar surface area (TPSA) is 74.6 Å². The van der Waals surface area contributed by atoms with E-state index in [2.05, 4.69) is 0 Å². The summed E-state index contributed by atoms with van der Waals surface area (Å²) in [7, 11) is 0. The molecular weight excluding hydrogens is 327 g/mol. The number of carboxylic acid groups (broad SMARTS) is 1. The number of carbonyl (C=O) groups excluding carboxylic acids is 1. The van der Waals surface area contributed by atoms with Crippen molar-refractivity contribution in [2.24, 2.45) is 0 Å². The van der Waals surface area contributed by atoms with Crippen molar-refractivity contribution in [1.82, 2.24) is 0 Å². The van der Waals surface area contributed by atoms with E-state index in [9.17, 15) is 14.7 Å². The van der Waals surface area contributed by atoms with Crippen molar-refractivity contribution in [3.05, 3.63) is 62.6 Å². The molecule has 2 aromatic rings. The molecule has 6 heteroatoms. The molecule has 2 aromatic carbocycles. The van der Waals surface area contributed by atoms with Crippen molar-refractivity contribution in [2.75, 3.05) is 0 Å². The Morgan fingerprint density at radius 1 is 1.00 bits per heavy atom. The minimum absolute atomic E-state index is 0.0589. The molecule has 110 valence electrons. The van der Waals surface area contributed by atoms with Crippen LogP contribution in [0.2, 0.25) is 10.0 Å². The number of rotatable bonds is 3. The normalized spacial score (nSPS) is 12.2. The predicted octanol–water partition coefficient (Wildman–Crippen LogP) is 3.87.